The standard InChI is InChI=1S/C12H23N3OS/c1-4-10(9-16)13-7-11-8-14-12(17-11)15(5-2)6-3/h8,10,13,16H,4-7,9H2,1-3H3. The lowest BCUT2D eigenvalue weighted by Gasteiger charge is -2.16. The van der Waals surface area contributed by atoms with Gasteiger partial charge in [0.1, 0.15) is 0 Å². The monoisotopic (exact) mass is 257 g/mol. The van der Waals surface area contributed by atoms with E-state index in [4.69, 9.17) is 5.11 Å². The molecule has 1 unspecified atom stereocenters. The molecule has 0 aliphatic heterocycles. The average molecular weight is 257 g/mol. The highest BCUT2D eigenvalue weighted by Gasteiger charge is 2.09. The van der Waals surface area contributed by atoms with E-state index in [-0.39, 0.29) is 12.6 Å². The van der Waals surface area contributed by atoms with Crippen molar-refractivity contribution in [3.05, 3.63) is 11.1 Å². The fraction of sp³-hybridized carbons (Fsp3) is 0.750. The molecule has 1 aromatic rings. The van der Waals surface area contributed by atoms with Crippen LogP contribution in [0.3, 0.4) is 0 Å². The minimum absolute atomic E-state index is 0.189. The van der Waals surface area contributed by atoms with Gasteiger partial charge in [-0.3, -0.25) is 0 Å². The van der Waals surface area contributed by atoms with Gasteiger partial charge in [-0.25, -0.2) is 4.98 Å². The topological polar surface area (TPSA) is 48.4 Å². The zero-order valence-corrected chi connectivity index (χ0v) is 11.8. The van der Waals surface area contributed by atoms with Crippen molar-refractivity contribution in [2.75, 3.05) is 24.6 Å². The number of rotatable bonds is 8. The molecule has 0 spiro atoms. The number of aromatic nitrogens is 1. The number of aliphatic hydroxyl groups excluding tert-OH is 1. The van der Waals surface area contributed by atoms with Crippen molar-refractivity contribution in [2.45, 2.75) is 39.8 Å². The smallest absolute Gasteiger partial charge is 0.185 e. The van der Waals surface area contributed by atoms with Gasteiger partial charge in [0.05, 0.1) is 6.61 Å². The SMILES string of the molecule is CCC(CO)NCc1cnc(N(CC)CC)s1. The van der Waals surface area contributed by atoms with E-state index >= 15 is 0 Å². The molecule has 0 amide bonds. The third kappa shape index (κ3) is 4.26. The molecule has 1 aromatic heterocycles. The van der Waals surface area contributed by atoms with Crippen LogP contribution in [-0.4, -0.2) is 35.8 Å². The van der Waals surface area contributed by atoms with Crippen LogP contribution in [0.5, 0.6) is 0 Å². The van der Waals surface area contributed by atoms with E-state index in [1.165, 1.54) is 4.88 Å². The number of thiazole rings is 1. The van der Waals surface area contributed by atoms with Gasteiger partial charge in [-0.1, -0.05) is 6.92 Å². The second-order valence-corrected chi connectivity index (χ2v) is 5.04. The van der Waals surface area contributed by atoms with Crippen molar-refractivity contribution in [3.63, 3.8) is 0 Å². The molecule has 1 rings (SSSR count). The molecule has 1 atom stereocenters. The van der Waals surface area contributed by atoms with E-state index in [0.29, 0.717) is 0 Å². The summed E-state index contributed by atoms with van der Waals surface area (Å²) in [5, 5.41) is 13.5. The van der Waals surface area contributed by atoms with Crippen molar-refractivity contribution in [2.24, 2.45) is 0 Å². The van der Waals surface area contributed by atoms with Crippen LogP contribution in [0.4, 0.5) is 5.13 Å². The summed E-state index contributed by atoms with van der Waals surface area (Å²) in [6, 6.07) is 0.189. The maximum atomic E-state index is 9.09. The summed E-state index contributed by atoms with van der Waals surface area (Å²) in [5.41, 5.74) is 0. The van der Waals surface area contributed by atoms with Crippen LogP contribution in [0.15, 0.2) is 6.20 Å². The third-order valence-corrected chi connectivity index (χ3v) is 3.91. The van der Waals surface area contributed by atoms with Gasteiger partial charge in [-0.15, -0.1) is 11.3 Å². The summed E-state index contributed by atoms with van der Waals surface area (Å²) in [5.74, 6) is 0. The Hall–Kier alpha value is -0.650. The average Bonchev–Trinajstić information content (AvgIpc) is 2.81. The molecule has 0 radical (unpaired) electrons. The summed E-state index contributed by atoms with van der Waals surface area (Å²) in [6.07, 6.45) is 2.87. The third-order valence-electron chi connectivity index (χ3n) is 2.85. The molecule has 0 saturated heterocycles. The number of nitrogens with zero attached hydrogens (tertiary/aromatic N) is 2. The van der Waals surface area contributed by atoms with Crippen LogP contribution in [0.25, 0.3) is 0 Å². The molecule has 0 fully saturated rings. The fourth-order valence-corrected chi connectivity index (χ4v) is 2.59. The van der Waals surface area contributed by atoms with Crippen molar-refractivity contribution in [1.82, 2.24) is 10.3 Å². The van der Waals surface area contributed by atoms with Gasteiger partial charge in [0.2, 0.25) is 0 Å². The summed E-state index contributed by atoms with van der Waals surface area (Å²) in [4.78, 5) is 7.90. The minimum Gasteiger partial charge on any atom is -0.395 e. The minimum atomic E-state index is 0.189. The summed E-state index contributed by atoms with van der Waals surface area (Å²) < 4.78 is 0. The Morgan fingerprint density at radius 2 is 2.12 bits per heavy atom. The highest BCUT2D eigenvalue weighted by atomic mass is 32.1. The first-order chi connectivity index (χ1) is 8.24. The van der Waals surface area contributed by atoms with Crippen LogP contribution in [0, 0.1) is 0 Å². The predicted octanol–water partition coefficient (Wildman–Crippen LogP) is 1.85. The molecule has 5 heteroatoms. The fourth-order valence-electron chi connectivity index (χ4n) is 1.60. The normalized spacial score (nSPS) is 12.7. The van der Waals surface area contributed by atoms with E-state index < -0.39 is 0 Å². The van der Waals surface area contributed by atoms with E-state index in [0.717, 1.165) is 31.2 Å². The van der Waals surface area contributed by atoms with Crippen LogP contribution >= 0.6 is 11.3 Å². The molecule has 98 valence electrons. The molecule has 0 aliphatic rings. The number of anilines is 1. The number of nitrogens with one attached hydrogen (secondary N) is 1. The Kier molecular flexibility index (Phi) is 6.47. The molecule has 4 nitrogen and oxygen atoms in total. The first kappa shape index (κ1) is 14.4. The first-order valence-corrected chi connectivity index (χ1v) is 7.10. The van der Waals surface area contributed by atoms with Crippen LogP contribution in [0.1, 0.15) is 32.1 Å². The molecule has 0 aliphatic carbocycles. The lowest BCUT2D eigenvalue weighted by Crippen LogP contribution is -2.30. The maximum Gasteiger partial charge on any atom is 0.185 e. The van der Waals surface area contributed by atoms with Gasteiger partial charge in [0, 0.05) is 36.8 Å². The molecule has 1 heterocycles. The number of hydrogen-bond donors (Lipinski definition) is 2. The highest BCUT2D eigenvalue weighted by molar-refractivity contribution is 7.15. The zero-order valence-electron chi connectivity index (χ0n) is 10.9. The molecular formula is C12H23N3OS. The summed E-state index contributed by atoms with van der Waals surface area (Å²) in [6.45, 7) is 9.32. The van der Waals surface area contributed by atoms with Gasteiger partial charge < -0.3 is 15.3 Å². The van der Waals surface area contributed by atoms with Crippen LogP contribution in [0.2, 0.25) is 0 Å². The Morgan fingerprint density at radius 1 is 1.41 bits per heavy atom. The van der Waals surface area contributed by atoms with Crippen molar-refractivity contribution < 1.29 is 5.11 Å². The quantitative estimate of drug-likeness (QED) is 0.746. The Morgan fingerprint density at radius 3 is 2.65 bits per heavy atom. The zero-order chi connectivity index (χ0) is 12.7. The maximum absolute atomic E-state index is 9.09. The summed E-state index contributed by atoms with van der Waals surface area (Å²) in [7, 11) is 0. The first-order valence-electron chi connectivity index (χ1n) is 6.28. The van der Waals surface area contributed by atoms with E-state index in [1.807, 2.05) is 6.20 Å². The highest BCUT2D eigenvalue weighted by Crippen LogP contribution is 2.22. The lowest BCUT2D eigenvalue weighted by atomic mass is 10.2. The molecule has 0 aromatic carbocycles. The molecule has 17 heavy (non-hydrogen) atoms. The Balaban J connectivity index is 2.50. The van der Waals surface area contributed by atoms with Crippen molar-refractivity contribution >= 4 is 16.5 Å². The van der Waals surface area contributed by atoms with E-state index in [9.17, 15) is 0 Å². The van der Waals surface area contributed by atoms with Gasteiger partial charge in [-0.05, 0) is 20.3 Å². The van der Waals surface area contributed by atoms with E-state index in [1.54, 1.807) is 11.3 Å². The molecule has 0 bridgehead atoms. The summed E-state index contributed by atoms with van der Waals surface area (Å²) >= 11 is 1.72. The second kappa shape index (κ2) is 7.63. The van der Waals surface area contributed by atoms with Gasteiger partial charge in [-0.2, -0.15) is 0 Å². The van der Waals surface area contributed by atoms with Crippen LogP contribution in [-0.2, 0) is 6.54 Å². The van der Waals surface area contributed by atoms with Gasteiger partial charge >= 0.3 is 0 Å². The predicted molar refractivity (Wildman–Crippen MR) is 73.7 cm³/mol. The van der Waals surface area contributed by atoms with Crippen molar-refractivity contribution in [3.8, 4) is 0 Å². The Bertz CT molecular complexity index is 308. The van der Waals surface area contributed by atoms with Crippen LogP contribution < -0.4 is 10.2 Å². The Labute approximate surface area is 108 Å². The van der Waals surface area contributed by atoms with Crippen molar-refractivity contribution in [1.29, 1.82) is 0 Å². The number of aliphatic hydroxyl groups is 1. The van der Waals surface area contributed by atoms with Gasteiger partial charge in [0.15, 0.2) is 5.13 Å². The largest absolute Gasteiger partial charge is 0.395 e. The molecular weight excluding hydrogens is 234 g/mol. The lowest BCUT2D eigenvalue weighted by molar-refractivity contribution is 0.238. The second-order valence-electron chi connectivity index (χ2n) is 3.95. The van der Waals surface area contributed by atoms with Gasteiger partial charge in [0.25, 0.3) is 0 Å². The molecule has 0 saturated carbocycles. The number of hydrogen-bond acceptors (Lipinski definition) is 5. The van der Waals surface area contributed by atoms with E-state index in [2.05, 4.69) is 36.0 Å². The molecule has 2 N–H and O–H groups in total.